The zero-order chi connectivity index (χ0) is 14.7. The number of rotatable bonds is 5. The summed E-state index contributed by atoms with van der Waals surface area (Å²) in [5, 5.41) is 3.38. The maximum absolute atomic E-state index is 13.7. The van der Waals surface area contributed by atoms with Crippen molar-refractivity contribution in [2.45, 2.75) is 20.3 Å². The Morgan fingerprint density at radius 2 is 2.00 bits per heavy atom. The van der Waals surface area contributed by atoms with Crippen molar-refractivity contribution in [2.75, 3.05) is 31.1 Å². The van der Waals surface area contributed by atoms with Crippen LogP contribution in [0.5, 0.6) is 0 Å². The van der Waals surface area contributed by atoms with E-state index < -0.39 is 17.5 Å². The lowest BCUT2D eigenvalue weighted by Gasteiger charge is -2.20. The molecule has 20 heavy (non-hydrogen) atoms. The number of nitrogens with zero attached hydrogens (tertiary/aromatic N) is 1. The number of hydrogen-bond acceptors (Lipinski definition) is 2. The van der Waals surface area contributed by atoms with E-state index >= 15 is 0 Å². The number of nitrogens with one attached hydrogen (secondary N) is 1. The van der Waals surface area contributed by atoms with Crippen LogP contribution in [0.15, 0.2) is 12.1 Å². The van der Waals surface area contributed by atoms with Crippen molar-refractivity contribution < 1.29 is 13.2 Å². The summed E-state index contributed by atoms with van der Waals surface area (Å²) < 4.78 is 39.9. The molecule has 1 N–H and O–H groups in total. The fourth-order valence-electron chi connectivity index (χ4n) is 2.55. The number of halogens is 3. The number of anilines is 1. The summed E-state index contributed by atoms with van der Waals surface area (Å²) in [6, 6.07) is 2.30. The maximum Gasteiger partial charge on any atom is 0.196 e. The summed E-state index contributed by atoms with van der Waals surface area (Å²) in [4.78, 5) is 1.79. The van der Waals surface area contributed by atoms with Crippen LogP contribution in [-0.4, -0.2) is 26.2 Å². The Morgan fingerprint density at radius 3 is 2.70 bits per heavy atom. The fraction of sp³-hybridized carbons (Fsp3) is 0.600. The van der Waals surface area contributed by atoms with Gasteiger partial charge >= 0.3 is 0 Å². The minimum atomic E-state index is -1.39. The van der Waals surface area contributed by atoms with Crippen LogP contribution in [0.1, 0.15) is 20.3 Å². The van der Waals surface area contributed by atoms with Crippen LogP contribution in [0.4, 0.5) is 18.9 Å². The molecule has 1 atom stereocenters. The molecule has 1 heterocycles. The van der Waals surface area contributed by atoms with E-state index in [4.69, 9.17) is 0 Å². The predicted octanol–water partition coefficient (Wildman–Crippen LogP) is 3.18. The van der Waals surface area contributed by atoms with Gasteiger partial charge in [0.15, 0.2) is 17.5 Å². The Labute approximate surface area is 118 Å². The molecule has 112 valence electrons. The van der Waals surface area contributed by atoms with Crippen LogP contribution < -0.4 is 10.2 Å². The molecule has 2 rings (SSSR count). The highest BCUT2D eigenvalue weighted by molar-refractivity contribution is 5.49. The molecule has 1 aliphatic rings. The van der Waals surface area contributed by atoms with Gasteiger partial charge in [0.2, 0.25) is 0 Å². The third-order valence-corrected chi connectivity index (χ3v) is 3.63. The van der Waals surface area contributed by atoms with E-state index in [0.717, 1.165) is 25.6 Å². The molecule has 0 saturated carbocycles. The smallest absolute Gasteiger partial charge is 0.196 e. The molecule has 0 aliphatic carbocycles. The van der Waals surface area contributed by atoms with Gasteiger partial charge in [-0.2, -0.15) is 0 Å². The van der Waals surface area contributed by atoms with E-state index in [1.54, 1.807) is 4.90 Å². The van der Waals surface area contributed by atoms with Gasteiger partial charge in [0.05, 0.1) is 5.69 Å². The Bertz CT molecular complexity index is 463. The molecule has 0 amide bonds. The Kier molecular flexibility index (Phi) is 4.91. The van der Waals surface area contributed by atoms with Crippen molar-refractivity contribution in [1.82, 2.24) is 5.32 Å². The first-order valence-electron chi connectivity index (χ1n) is 7.08. The first kappa shape index (κ1) is 15.2. The average molecular weight is 286 g/mol. The lowest BCUT2D eigenvalue weighted by atomic mass is 10.1. The maximum atomic E-state index is 13.7. The second-order valence-electron chi connectivity index (χ2n) is 5.85. The Balaban J connectivity index is 1.94. The highest BCUT2D eigenvalue weighted by Crippen LogP contribution is 2.28. The predicted molar refractivity (Wildman–Crippen MR) is 74.3 cm³/mol. The molecular weight excluding hydrogens is 265 g/mol. The molecule has 1 unspecified atom stereocenters. The summed E-state index contributed by atoms with van der Waals surface area (Å²) in [5.74, 6) is -2.59. The molecule has 0 radical (unpaired) electrons. The summed E-state index contributed by atoms with van der Waals surface area (Å²) in [7, 11) is 0. The summed E-state index contributed by atoms with van der Waals surface area (Å²) in [6.45, 7) is 7.47. The van der Waals surface area contributed by atoms with E-state index in [2.05, 4.69) is 19.2 Å². The van der Waals surface area contributed by atoms with Gasteiger partial charge in [0, 0.05) is 13.1 Å². The zero-order valence-electron chi connectivity index (χ0n) is 11.9. The van der Waals surface area contributed by atoms with Crippen molar-refractivity contribution in [1.29, 1.82) is 0 Å². The van der Waals surface area contributed by atoms with Gasteiger partial charge in [-0.15, -0.1) is 0 Å². The highest BCUT2D eigenvalue weighted by Gasteiger charge is 2.26. The van der Waals surface area contributed by atoms with Crippen LogP contribution in [-0.2, 0) is 0 Å². The highest BCUT2D eigenvalue weighted by atomic mass is 19.2. The van der Waals surface area contributed by atoms with Crippen molar-refractivity contribution in [3.05, 3.63) is 29.6 Å². The minimum absolute atomic E-state index is 0.162. The first-order valence-corrected chi connectivity index (χ1v) is 7.08. The van der Waals surface area contributed by atoms with Gasteiger partial charge in [-0.25, -0.2) is 13.2 Å². The normalized spacial score (nSPS) is 19.1. The van der Waals surface area contributed by atoms with Crippen LogP contribution in [0.25, 0.3) is 0 Å². The largest absolute Gasteiger partial charge is 0.369 e. The Hall–Kier alpha value is -1.23. The van der Waals surface area contributed by atoms with E-state index in [1.165, 1.54) is 6.07 Å². The molecule has 1 aromatic rings. The molecule has 1 aromatic carbocycles. The summed E-state index contributed by atoms with van der Waals surface area (Å²) >= 11 is 0. The molecule has 1 aliphatic heterocycles. The van der Waals surface area contributed by atoms with Gasteiger partial charge in [0.1, 0.15) is 0 Å². The third-order valence-electron chi connectivity index (χ3n) is 3.63. The lowest BCUT2D eigenvalue weighted by molar-refractivity contribution is 0.446. The van der Waals surface area contributed by atoms with Crippen LogP contribution in [0.2, 0.25) is 0 Å². The van der Waals surface area contributed by atoms with Gasteiger partial charge in [-0.1, -0.05) is 13.8 Å². The lowest BCUT2D eigenvalue weighted by Crippen LogP contribution is -2.29. The van der Waals surface area contributed by atoms with Crippen molar-refractivity contribution in [2.24, 2.45) is 11.8 Å². The first-order chi connectivity index (χ1) is 9.49. The van der Waals surface area contributed by atoms with Crippen LogP contribution in [0, 0.1) is 29.3 Å². The van der Waals surface area contributed by atoms with Gasteiger partial charge in [-0.3, -0.25) is 0 Å². The second kappa shape index (κ2) is 6.48. The SMILES string of the molecule is CC(C)CNCC1CCN(c2ccc(F)c(F)c2F)C1. The molecule has 1 saturated heterocycles. The molecular formula is C15H21F3N2. The van der Waals surface area contributed by atoms with Crippen molar-refractivity contribution in [3.8, 4) is 0 Å². The summed E-state index contributed by atoms with van der Waals surface area (Å²) in [6.07, 6.45) is 0.934. The van der Waals surface area contributed by atoms with Gasteiger partial charge in [-0.05, 0) is 43.5 Å². The monoisotopic (exact) mass is 286 g/mol. The fourth-order valence-corrected chi connectivity index (χ4v) is 2.55. The molecule has 0 bridgehead atoms. The average Bonchev–Trinajstić information content (AvgIpc) is 2.84. The second-order valence-corrected chi connectivity index (χ2v) is 5.85. The number of benzene rings is 1. The van der Waals surface area contributed by atoms with E-state index in [-0.39, 0.29) is 5.69 Å². The summed E-state index contributed by atoms with van der Waals surface area (Å²) in [5.41, 5.74) is 0.162. The molecule has 2 nitrogen and oxygen atoms in total. The standard InChI is InChI=1S/C15H21F3N2/c1-10(2)7-19-8-11-5-6-20(9-11)13-4-3-12(16)14(17)15(13)18/h3-4,10-11,19H,5-9H2,1-2H3. The third kappa shape index (κ3) is 3.45. The molecule has 0 aromatic heterocycles. The van der Waals surface area contributed by atoms with E-state index in [0.29, 0.717) is 24.9 Å². The molecule has 5 heteroatoms. The van der Waals surface area contributed by atoms with Gasteiger partial charge in [0.25, 0.3) is 0 Å². The number of hydrogen-bond donors (Lipinski definition) is 1. The van der Waals surface area contributed by atoms with Crippen molar-refractivity contribution in [3.63, 3.8) is 0 Å². The topological polar surface area (TPSA) is 15.3 Å². The van der Waals surface area contributed by atoms with Crippen molar-refractivity contribution >= 4 is 5.69 Å². The van der Waals surface area contributed by atoms with Gasteiger partial charge < -0.3 is 10.2 Å². The van der Waals surface area contributed by atoms with Crippen LogP contribution in [0.3, 0.4) is 0 Å². The minimum Gasteiger partial charge on any atom is -0.369 e. The molecule has 1 fully saturated rings. The van der Waals surface area contributed by atoms with E-state index in [1.807, 2.05) is 0 Å². The zero-order valence-corrected chi connectivity index (χ0v) is 11.9. The van der Waals surface area contributed by atoms with Crippen LogP contribution >= 0.6 is 0 Å². The quantitative estimate of drug-likeness (QED) is 0.836. The van der Waals surface area contributed by atoms with E-state index in [9.17, 15) is 13.2 Å². The Morgan fingerprint density at radius 1 is 1.25 bits per heavy atom. The molecule has 0 spiro atoms.